The molecule has 3 amide bonds. The van der Waals surface area contributed by atoms with Crippen molar-refractivity contribution in [3.05, 3.63) is 41.7 Å². The van der Waals surface area contributed by atoms with Gasteiger partial charge in [0, 0.05) is 45.3 Å². The molecule has 1 aromatic heterocycles. The Morgan fingerprint density at radius 3 is 2.73 bits per heavy atom. The highest BCUT2D eigenvalue weighted by Gasteiger charge is 2.12. The summed E-state index contributed by atoms with van der Waals surface area (Å²) < 4.78 is 6.53. The van der Waals surface area contributed by atoms with Gasteiger partial charge in [-0.15, -0.1) is 0 Å². The standard InChI is InChI=1S/C18H25N5O3/c1-13-5-6-15(20-17(24)12-26-4)9-16(13)21-18(25)22(2)8-7-14-10-19-23(3)11-14/h5-6,9-11H,7-8,12H2,1-4H3,(H,20,24)(H,21,25). The quantitative estimate of drug-likeness (QED) is 0.792. The van der Waals surface area contributed by atoms with Crippen LogP contribution in [0, 0.1) is 6.92 Å². The lowest BCUT2D eigenvalue weighted by Crippen LogP contribution is -2.33. The van der Waals surface area contributed by atoms with Crippen LogP contribution in [0.4, 0.5) is 16.2 Å². The molecule has 8 nitrogen and oxygen atoms in total. The highest BCUT2D eigenvalue weighted by atomic mass is 16.5. The molecule has 0 bridgehead atoms. The second-order valence-electron chi connectivity index (χ2n) is 6.13. The number of likely N-dealkylation sites (N-methyl/N-ethyl adjacent to an activating group) is 1. The van der Waals surface area contributed by atoms with Gasteiger partial charge in [0.15, 0.2) is 0 Å². The van der Waals surface area contributed by atoms with Gasteiger partial charge in [-0.1, -0.05) is 6.07 Å². The van der Waals surface area contributed by atoms with E-state index in [0.717, 1.165) is 17.5 Å². The van der Waals surface area contributed by atoms with Crippen LogP contribution in [-0.4, -0.2) is 53.9 Å². The molecule has 0 aliphatic heterocycles. The Balaban J connectivity index is 1.95. The van der Waals surface area contributed by atoms with Crippen molar-refractivity contribution in [2.45, 2.75) is 13.3 Å². The number of rotatable bonds is 7. The van der Waals surface area contributed by atoms with Gasteiger partial charge in [-0.3, -0.25) is 9.48 Å². The minimum atomic E-state index is -0.248. The third-order valence-electron chi connectivity index (χ3n) is 3.88. The van der Waals surface area contributed by atoms with Crippen molar-refractivity contribution in [3.8, 4) is 0 Å². The smallest absolute Gasteiger partial charge is 0.321 e. The summed E-state index contributed by atoms with van der Waals surface area (Å²) in [6, 6.07) is 5.14. The van der Waals surface area contributed by atoms with Crippen molar-refractivity contribution in [1.82, 2.24) is 14.7 Å². The van der Waals surface area contributed by atoms with Gasteiger partial charge in [-0.25, -0.2) is 4.79 Å². The molecule has 0 saturated carbocycles. The lowest BCUT2D eigenvalue weighted by Gasteiger charge is -2.19. The fourth-order valence-electron chi connectivity index (χ4n) is 2.37. The fraction of sp³-hybridized carbons (Fsp3) is 0.389. The molecule has 0 spiro atoms. The maximum Gasteiger partial charge on any atom is 0.321 e. The summed E-state index contributed by atoms with van der Waals surface area (Å²) in [5.41, 5.74) is 3.24. The number of ether oxygens (including phenoxy) is 1. The lowest BCUT2D eigenvalue weighted by atomic mass is 10.2. The molecule has 0 fully saturated rings. The molecule has 0 saturated heterocycles. The first-order chi connectivity index (χ1) is 12.4. The van der Waals surface area contributed by atoms with E-state index in [1.165, 1.54) is 7.11 Å². The summed E-state index contributed by atoms with van der Waals surface area (Å²) in [5.74, 6) is -0.248. The highest BCUT2D eigenvalue weighted by molar-refractivity contribution is 5.94. The number of aromatic nitrogens is 2. The maximum absolute atomic E-state index is 12.4. The van der Waals surface area contributed by atoms with Crippen molar-refractivity contribution >= 4 is 23.3 Å². The summed E-state index contributed by atoms with van der Waals surface area (Å²) in [4.78, 5) is 25.6. The zero-order valence-electron chi connectivity index (χ0n) is 15.6. The molecule has 0 aliphatic rings. The number of urea groups is 1. The molecule has 1 heterocycles. The first kappa shape index (κ1) is 19.5. The van der Waals surface area contributed by atoms with Crippen LogP contribution < -0.4 is 10.6 Å². The normalized spacial score (nSPS) is 10.5. The second kappa shape index (κ2) is 9.00. The molecular formula is C18H25N5O3. The molecule has 1 aromatic carbocycles. The van der Waals surface area contributed by atoms with Crippen molar-refractivity contribution < 1.29 is 14.3 Å². The molecule has 2 aromatic rings. The number of carbonyl (C=O) groups is 2. The van der Waals surface area contributed by atoms with Gasteiger partial charge in [0.05, 0.1) is 6.20 Å². The molecule has 0 atom stereocenters. The number of hydrogen-bond acceptors (Lipinski definition) is 4. The van der Waals surface area contributed by atoms with Gasteiger partial charge < -0.3 is 20.3 Å². The Morgan fingerprint density at radius 2 is 2.08 bits per heavy atom. The third-order valence-corrected chi connectivity index (χ3v) is 3.88. The van der Waals surface area contributed by atoms with E-state index < -0.39 is 0 Å². The van der Waals surface area contributed by atoms with Crippen molar-refractivity contribution in [3.63, 3.8) is 0 Å². The van der Waals surface area contributed by atoms with Crippen LogP contribution in [0.2, 0.25) is 0 Å². The van der Waals surface area contributed by atoms with Crippen molar-refractivity contribution in [2.24, 2.45) is 7.05 Å². The predicted molar refractivity (Wildman–Crippen MR) is 100 cm³/mol. The summed E-state index contributed by atoms with van der Waals surface area (Å²) in [7, 11) is 5.06. The van der Waals surface area contributed by atoms with E-state index in [0.29, 0.717) is 17.9 Å². The van der Waals surface area contributed by atoms with Gasteiger partial charge in [-0.05, 0) is 36.6 Å². The highest BCUT2D eigenvalue weighted by Crippen LogP contribution is 2.20. The zero-order valence-corrected chi connectivity index (χ0v) is 15.6. The largest absolute Gasteiger partial charge is 0.375 e. The average Bonchev–Trinajstić information content (AvgIpc) is 3.01. The Hall–Kier alpha value is -2.87. The molecule has 0 radical (unpaired) electrons. The Kier molecular flexibility index (Phi) is 6.74. The maximum atomic E-state index is 12.4. The van der Waals surface area contributed by atoms with Crippen LogP contribution in [0.25, 0.3) is 0 Å². The van der Waals surface area contributed by atoms with Crippen LogP contribution in [0.1, 0.15) is 11.1 Å². The van der Waals surface area contributed by atoms with Gasteiger partial charge in [-0.2, -0.15) is 5.10 Å². The summed E-state index contributed by atoms with van der Waals surface area (Å²) in [5, 5.41) is 9.72. The fourth-order valence-corrected chi connectivity index (χ4v) is 2.37. The zero-order chi connectivity index (χ0) is 19.1. The Labute approximate surface area is 153 Å². The van der Waals surface area contributed by atoms with Crippen LogP contribution in [0.5, 0.6) is 0 Å². The molecule has 2 N–H and O–H groups in total. The minimum absolute atomic E-state index is 0.0212. The second-order valence-corrected chi connectivity index (χ2v) is 6.13. The number of methoxy groups -OCH3 is 1. The first-order valence-corrected chi connectivity index (χ1v) is 8.28. The molecule has 2 rings (SSSR count). The Morgan fingerprint density at radius 1 is 1.31 bits per heavy atom. The monoisotopic (exact) mass is 359 g/mol. The minimum Gasteiger partial charge on any atom is -0.375 e. The van der Waals surface area contributed by atoms with E-state index in [2.05, 4.69) is 15.7 Å². The number of nitrogens with zero attached hydrogens (tertiary/aromatic N) is 3. The van der Waals surface area contributed by atoms with Crippen LogP contribution >= 0.6 is 0 Å². The van der Waals surface area contributed by atoms with Gasteiger partial charge in [0.25, 0.3) is 0 Å². The summed E-state index contributed by atoms with van der Waals surface area (Å²) in [6.07, 6.45) is 4.45. The number of anilines is 2. The van der Waals surface area contributed by atoms with E-state index in [1.807, 2.05) is 26.2 Å². The van der Waals surface area contributed by atoms with E-state index in [4.69, 9.17) is 4.74 Å². The van der Waals surface area contributed by atoms with Gasteiger partial charge in [0.2, 0.25) is 5.91 Å². The molecule has 8 heteroatoms. The molecular weight excluding hydrogens is 334 g/mol. The van der Waals surface area contributed by atoms with Gasteiger partial charge in [0.1, 0.15) is 6.61 Å². The van der Waals surface area contributed by atoms with Crippen LogP contribution in [0.3, 0.4) is 0 Å². The molecule has 0 aliphatic carbocycles. The van der Waals surface area contributed by atoms with Crippen LogP contribution in [-0.2, 0) is 23.0 Å². The van der Waals surface area contributed by atoms with E-state index in [1.54, 1.807) is 35.0 Å². The third kappa shape index (κ3) is 5.59. The molecule has 26 heavy (non-hydrogen) atoms. The number of hydrogen-bond donors (Lipinski definition) is 2. The summed E-state index contributed by atoms with van der Waals surface area (Å²) in [6.45, 7) is 2.44. The van der Waals surface area contributed by atoms with Gasteiger partial charge >= 0.3 is 6.03 Å². The lowest BCUT2D eigenvalue weighted by molar-refractivity contribution is -0.119. The number of nitrogens with one attached hydrogen (secondary N) is 2. The summed E-state index contributed by atoms with van der Waals surface area (Å²) >= 11 is 0. The Bertz CT molecular complexity index is 772. The number of benzene rings is 1. The first-order valence-electron chi connectivity index (χ1n) is 8.28. The van der Waals surface area contributed by atoms with E-state index >= 15 is 0 Å². The van der Waals surface area contributed by atoms with Crippen molar-refractivity contribution in [2.75, 3.05) is 37.9 Å². The number of amides is 3. The van der Waals surface area contributed by atoms with Crippen LogP contribution in [0.15, 0.2) is 30.6 Å². The molecule has 140 valence electrons. The SMILES string of the molecule is COCC(=O)Nc1ccc(C)c(NC(=O)N(C)CCc2cnn(C)c2)c1. The van der Waals surface area contributed by atoms with Crippen molar-refractivity contribution in [1.29, 1.82) is 0 Å². The number of aryl methyl sites for hydroxylation is 2. The topological polar surface area (TPSA) is 88.5 Å². The predicted octanol–water partition coefficient (Wildman–Crippen LogP) is 2.02. The van der Waals surface area contributed by atoms with E-state index in [-0.39, 0.29) is 18.5 Å². The molecule has 0 unspecified atom stereocenters. The number of carbonyl (C=O) groups excluding carboxylic acids is 2. The van der Waals surface area contributed by atoms with E-state index in [9.17, 15) is 9.59 Å². The average molecular weight is 359 g/mol.